The normalized spacial score (nSPS) is 18.7. The van der Waals surface area contributed by atoms with Crippen LogP contribution in [0.3, 0.4) is 0 Å². The summed E-state index contributed by atoms with van der Waals surface area (Å²) in [5.41, 5.74) is 0.780. The van der Waals surface area contributed by atoms with Crippen molar-refractivity contribution in [2.75, 3.05) is 38.6 Å². The molecule has 1 heterocycles. The van der Waals surface area contributed by atoms with E-state index in [1.54, 1.807) is 7.11 Å². The van der Waals surface area contributed by atoms with Crippen LogP contribution in [0.5, 0.6) is 5.75 Å². The molecule has 1 aliphatic rings. The van der Waals surface area contributed by atoms with E-state index >= 15 is 0 Å². The van der Waals surface area contributed by atoms with Crippen molar-refractivity contribution in [3.05, 3.63) is 24.3 Å². The number of benzene rings is 1. The Kier molecular flexibility index (Phi) is 7.50. The summed E-state index contributed by atoms with van der Waals surface area (Å²) in [6.07, 6.45) is 0.515. The first kappa shape index (κ1) is 17.8. The van der Waals surface area contributed by atoms with Crippen molar-refractivity contribution in [2.45, 2.75) is 19.4 Å². The van der Waals surface area contributed by atoms with Gasteiger partial charge in [-0.2, -0.15) is 0 Å². The highest BCUT2D eigenvalue weighted by Gasteiger charge is 2.18. The summed E-state index contributed by atoms with van der Waals surface area (Å²) in [7, 11) is 1.62. The summed E-state index contributed by atoms with van der Waals surface area (Å²) in [4.78, 5) is 14.3. The van der Waals surface area contributed by atoms with E-state index in [0.717, 1.165) is 37.6 Å². The molecule has 0 unspecified atom stereocenters. The average molecular weight is 314 g/mol. The number of carbonyl (C=O) groups excluding carboxylic acids is 1. The molecule has 0 radical (unpaired) electrons. The predicted octanol–water partition coefficient (Wildman–Crippen LogP) is 1.74. The lowest BCUT2D eigenvalue weighted by Gasteiger charge is -2.33. The molecule has 0 saturated carbocycles. The van der Waals surface area contributed by atoms with Gasteiger partial charge in [-0.25, -0.2) is 0 Å². The van der Waals surface area contributed by atoms with Crippen molar-refractivity contribution in [2.24, 2.45) is 0 Å². The maximum absolute atomic E-state index is 12.0. The maximum atomic E-state index is 12.0. The van der Waals surface area contributed by atoms with Crippen LogP contribution in [0, 0.1) is 0 Å². The van der Waals surface area contributed by atoms with Gasteiger partial charge in [0, 0.05) is 50.4 Å². The standard InChI is InChI=1S/C15H23N3O2.ClH/c1-12-11-16-7-9-18(12)8-6-15(19)17-13-4-3-5-14(10-13)20-2;/h3-5,10,12,16H,6-9,11H2,1-2H3,(H,17,19);1H/t12-;/m0./s1. The number of anilines is 1. The van der Waals surface area contributed by atoms with Crippen molar-refractivity contribution < 1.29 is 9.53 Å². The minimum atomic E-state index is 0. The molecule has 1 aromatic rings. The number of amides is 1. The molecular weight excluding hydrogens is 290 g/mol. The van der Waals surface area contributed by atoms with Gasteiger partial charge in [-0.1, -0.05) is 6.07 Å². The summed E-state index contributed by atoms with van der Waals surface area (Å²) < 4.78 is 5.14. The molecule has 2 rings (SSSR count). The zero-order valence-corrected chi connectivity index (χ0v) is 13.4. The van der Waals surface area contributed by atoms with E-state index in [0.29, 0.717) is 12.5 Å². The molecule has 118 valence electrons. The Morgan fingerprint density at radius 3 is 3.05 bits per heavy atom. The second-order valence-corrected chi connectivity index (χ2v) is 5.12. The minimum absolute atomic E-state index is 0. The van der Waals surface area contributed by atoms with Crippen LogP contribution in [0.25, 0.3) is 0 Å². The van der Waals surface area contributed by atoms with Crippen molar-refractivity contribution >= 4 is 24.0 Å². The highest BCUT2D eigenvalue weighted by Crippen LogP contribution is 2.16. The van der Waals surface area contributed by atoms with Crippen LogP contribution in [0.2, 0.25) is 0 Å². The van der Waals surface area contributed by atoms with Crippen LogP contribution < -0.4 is 15.4 Å². The van der Waals surface area contributed by atoms with E-state index < -0.39 is 0 Å². The SMILES string of the molecule is COc1cccc(NC(=O)CCN2CCNC[C@@H]2C)c1.Cl. The number of ether oxygens (including phenoxy) is 1. The molecule has 1 aromatic carbocycles. The fourth-order valence-corrected chi connectivity index (χ4v) is 2.38. The minimum Gasteiger partial charge on any atom is -0.497 e. The zero-order valence-electron chi connectivity index (χ0n) is 12.6. The molecule has 0 spiro atoms. The van der Waals surface area contributed by atoms with Gasteiger partial charge < -0.3 is 15.4 Å². The molecule has 1 atom stereocenters. The number of nitrogens with one attached hydrogen (secondary N) is 2. The van der Waals surface area contributed by atoms with Crippen molar-refractivity contribution in [3.63, 3.8) is 0 Å². The first-order valence-electron chi connectivity index (χ1n) is 7.07. The number of methoxy groups -OCH3 is 1. The van der Waals surface area contributed by atoms with Crippen LogP contribution in [-0.2, 0) is 4.79 Å². The molecule has 1 saturated heterocycles. The van der Waals surface area contributed by atoms with E-state index in [1.807, 2.05) is 24.3 Å². The van der Waals surface area contributed by atoms with Gasteiger partial charge in [-0.3, -0.25) is 9.69 Å². The van der Waals surface area contributed by atoms with E-state index in [1.165, 1.54) is 0 Å². The van der Waals surface area contributed by atoms with Crippen LogP contribution in [0.4, 0.5) is 5.69 Å². The fraction of sp³-hybridized carbons (Fsp3) is 0.533. The van der Waals surface area contributed by atoms with Crippen LogP contribution in [-0.4, -0.2) is 50.1 Å². The molecular formula is C15H24ClN3O2. The molecule has 0 bridgehead atoms. The van der Waals surface area contributed by atoms with Gasteiger partial charge in [-0.05, 0) is 19.1 Å². The molecule has 5 nitrogen and oxygen atoms in total. The average Bonchev–Trinajstić information content (AvgIpc) is 2.46. The Morgan fingerprint density at radius 1 is 1.52 bits per heavy atom. The Hall–Kier alpha value is -1.30. The molecule has 21 heavy (non-hydrogen) atoms. The van der Waals surface area contributed by atoms with E-state index in [2.05, 4.69) is 22.5 Å². The molecule has 1 amide bonds. The highest BCUT2D eigenvalue weighted by atomic mass is 35.5. The lowest BCUT2D eigenvalue weighted by Crippen LogP contribution is -2.50. The monoisotopic (exact) mass is 313 g/mol. The molecule has 0 aliphatic carbocycles. The number of rotatable bonds is 5. The Labute approximate surface area is 132 Å². The number of halogens is 1. The maximum Gasteiger partial charge on any atom is 0.225 e. The number of carbonyl (C=O) groups is 1. The topological polar surface area (TPSA) is 53.6 Å². The smallest absolute Gasteiger partial charge is 0.225 e. The van der Waals surface area contributed by atoms with Crippen molar-refractivity contribution in [1.82, 2.24) is 10.2 Å². The van der Waals surface area contributed by atoms with Gasteiger partial charge in [0.2, 0.25) is 5.91 Å². The van der Waals surface area contributed by atoms with Gasteiger partial charge in [-0.15, -0.1) is 12.4 Å². The van der Waals surface area contributed by atoms with Gasteiger partial charge >= 0.3 is 0 Å². The number of piperazine rings is 1. The molecule has 0 aromatic heterocycles. The van der Waals surface area contributed by atoms with Gasteiger partial charge in [0.15, 0.2) is 0 Å². The molecule has 1 fully saturated rings. The second-order valence-electron chi connectivity index (χ2n) is 5.12. The Bertz CT molecular complexity index is 456. The van der Waals surface area contributed by atoms with Gasteiger partial charge in [0.1, 0.15) is 5.75 Å². The quantitative estimate of drug-likeness (QED) is 0.869. The third-order valence-electron chi connectivity index (χ3n) is 3.62. The highest BCUT2D eigenvalue weighted by molar-refractivity contribution is 5.91. The molecule has 1 aliphatic heterocycles. The Morgan fingerprint density at radius 2 is 2.33 bits per heavy atom. The third-order valence-corrected chi connectivity index (χ3v) is 3.62. The summed E-state index contributed by atoms with van der Waals surface area (Å²) in [6.45, 7) is 6.00. The lowest BCUT2D eigenvalue weighted by atomic mass is 10.2. The fourth-order valence-electron chi connectivity index (χ4n) is 2.38. The van der Waals surface area contributed by atoms with Crippen LogP contribution >= 0.6 is 12.4 Å². The van der Waals surface area contributed by atoms with Crippen molar-refractivity contribution in [1.29, 1.82) is 0 Å². The largest absolute Gasteiger partial charge is 0.497 e. The van der Waals surface area contributed by atoms with E-state index in [-0.39, 0.29) is 18.3 Å². The van der Waals surface area contributed by atoms with Crippen LogP contribution in [0.1, 0.15) is 13.3 Å². The zero-order chi connectivity index (χ0) is 14.4. The molecule has 2 N–H and O–H groups in total. The van der Waals surface area contributed by atoms with E-state index in [4.69, 9.17) is 4.74 Å². The van der Waals surface area contributed by atoms with Gasteiger partial charge in [0.05, 0.1) is 7.11 Å². The van der Waals surface area contributed by atoms with Crippen LogP contribution in [0.15, 0.2) is 24.3 Å². The van der Waals surface area contributed by atoms with E-state index in [9.17, 15) is 4.79 Å². The summed E-state index contributed by atoms with van der Waals surface area (Å²) >= 11 is 0. The number of nitrogens with zero attached hydrogens (tertiary/aromatic N) is 1. The predicted molar refractivity (Wildman–Crippen MR) is 87.4 cm³/mol. The number of hydrogen-bond donors (Lipinski definition) is 2. The number of hydrogen-bond acceptors (Lipinski definition) is 4. The molecule has 6 heteroatoms. The first-order valence-corrected chi connectivity index (χ1v) is 7.07. The third kappa shape index (κ3) is 5.53. The first-order chi connectivity index (χ1) is 9.69. The summed E-state index contributed by atoms with van der Waals surface area (Å²) in [5, 5.41) is 6.26. The summed E-state index contributed by atoms with van der Waals surface area (Å²) in [5.74, 6) is 0.794. The Balaban J connectivity index is 0.00000220. The second kappa shape index (κ2) is 8.87. The van der Waals surface area contributed by atoms with Crippen molar-refractivity contribution in [3.8, 4) is 5.75 Å². The summed E-state index contributed by atoms with van der Waals surface area (Å²) in [6, 6.07) is 7.91. The lowest BCUT2D eigenvalue weighted by molar-refractivity contribution is -0.116. The van der Waals surface area contributed by atoms with Gasteiger partial charge in [0.25, 0.3) is 0 Å².